The zero-order valence-electron chi connectivity index (χ0n) is 6.49. The van der Waals surface area contributed by atoms with Crippen LogP contribution in [0.4, 0.5) is 0 Å². The topological polar surface area (TPSA) is 47.9 Å². The van der Waals surface area contributed by atoms with Crippen molar-refractivity contribution in [1.29, 1.82) is 0 Å². The van der Waals surface area contributed by atoms with Crippen LogP contribution in [0, 0.1) is 0 Å². The molecule has 11 heavy (non-hydrogen) atoms. The summed E-state index contributed by atoms with van der Waals surface area (Å²) in [5.41, 5.74) is 0. The van der Waals surface area contributed by atoms with Gasteiger partial charge in [0.25, 0.3) is 0 Å². The van der Waals surface area contributed by atoms with Crippen LogP contribution in [0.15, 0.2) is 0 Å². The first kappa shape index (κ1) is 8.93. The molecule has 0 amide bonds. The van der Waals surface area contributed by atoms with Crippen molar-refractivity contribution in [2.24, 2.45) is 0 Å². The summed E-state index contributed by atoms with van der Waals surface area (Å²) in [4.78, 5) is 3.84. The zero-order chi connectivity index (χ0) is 7.94. The molecule has 0 radical (unpaired) electrons. The standard InChI is InChI=1S/C7H14O4/c8-11-5-4-9-6-7-2-1-3-10-7/h7-8H,1-6H2. The Bertz CT molecular complexity index is 90.4. The minimum absolute atomic E-state index is 0.229. The van der Waals surface area contributed by atoms with Crippen molar-refractivity contribution in [2.45, 2.75) is 18.9 Å². The monoisotopic (exact) mass is 162 g/mol. The van der Waals surface area contributed by atoms with E-state index in [1.165, 1.54) is 0 Å². The average molecular weight is 162 g/mol. The van der Waals surface area contributed by atoms with Crippen LogP contribution in [0.25, 0.3) is 0 Å². The second kappa shape index (κ2) is 5.49. The number of ether oxygens (including phenoxy) is 2. The van der Waals surface area contributed by atoms with Crippen molar-refractivity contribution in [1.82, 2.24) is 0 Å². The smallest absolute Gasteiger partial charge is 0.105 e. The van der Waals surface area contributed by atoms with Crippen molar-refractivity contribution >= 4 is 0 Å². The summed E-state index contributed by atoms with van der Waals surface area (Å²) in [6.07, 6.45) is 2.47. The van der Waals surface area contributed by atoms with Crippen LogP contribution in [0.1, 0.15) is 12.8 Å². The molecule has 0 spiro atoms. The van der Waals surface area contributed by atoms with E-state index < -0.39 is 0 Å². The molecule has 66 valence electrons. The molecule has 1 aliphatic rings. The van der Waals surface area contributed by atoms with Gasteiger partial charge in [-0.05, 0) is 12.8 Å². The molecule has 0 aromatic rings. The van der Waals surface area contributed by atoms with Gasteiger partial charge in [-0.25, -0.2) is 4.89 Å². The Morgan fingerprint density at radius 3 is 3.00 bits per heavy atom. The predicted octanol–water partition coefficient (Wildman–Crippen LogP) is 0.672. The third kappa shape index (κ3) is 3.67. The molecule has 0 aromatic heterocycles. The minimum Gasteiger partial charge on any atom is -0.376 e. The van der Waals surface area contributed by atoms with Crippen LogP contribution in [-0.2, 0) is 14.4 Å². The first-order valence-corrected chi connectivity index (χ1v) is 3.89. The number of hydrogen-bond donors (Lipinski definition) is 1. The lowest BCUT2D eigenvalue weighted by molar-refractivity contribution is -0.249. The van der Waals surface area contributed by atoms with Gasteiger partial charge in [0.05, 0.1) is 19.3 Å². The van der Waals surface area contributed by atoms with Gasteiger partial charge in [0.15, 0.2) is 0 Å². The maximum Gasteiger partial charge on any atom is 0.105 e. The van der Waals surface area contributed by atoms with Crippen molar-refractivity contribution in [3.8, 4) is 0 Å². The molecule has 1 saturated heterocycles. The lowest BCUT2D eigenvalue weighted by Crippen LogP contribution is -2.15. The predicted molar refractivity (Wildman–Crippen MR) is 38.4 cm³/mol. The Morgan fingerprint density at radius 1 is 1.45 bits per heavy atom. The van der Waals surface area contributed by atoms with E-state index in [4.69, 9.17) is 14.7 Å². The fraction of sp³-hybridized carbons (Fsp3) is 1.00. The Morgan fingerprint density at radius 2 is 2.36 bits per heavy atom. The van der Waals surface area contributed by atoms with Gasteiger partial charge in [0, 0.05) is 6.61 Å². The highest BCUT2D eigenvalue weighted by atomic mass is 17.1. The molecular formula is C7H14O4. The molecule has 0 saturated carbocycles. The van der Waals surface area contributed by atoms with Crippen molar-refractivity contribution < 1.29 is 19.6 Å². The Balaban J connectivity index is 1.86. The molecular weight excluding hydrogens is 148 g/mol. The van der Waals surface area contributed by atoms with E-state index in [9.17, 15) is 0 Å². The van der Waals surface area contributed by atoms with E-state index in [1.54, 1.807) is 0 Å². The Labute approximate surface area is 66.0 Å². The normalized spacial score (nSPS) is 24.3. The summed E-state index contributed by atoms with van der Waals surface area (Å²) in [6, 6.07) is 0. The van der Waals surface area contributed by atoms with E-state index in [-0.39, 0.29) is 12.7 Å². The summed E-state index contributed by atoms with van der Waals surface area (Å²) in [7, 11) is 0. The molecule has 1 N–H and O–H groups in total. The Kier molecular flexibility index (Phi) is 4.45. The van der Waals surface area contributed by atoms with Crippen LogP contribution >= 0.6 is 0 Å². The van der Waals surface area contributed by atoms with Gasteiger partial charge in [0.2, 0.25) is 0 Å². The molecule has 0 aliphatic carbocycles. The second-order valence-electron chi connectivity index (χ2n) is 2.54. The van der Waals surface area contributed by atoms with Gasteiger partial charge in [-0.15, -0.1) is 0 Å². The molecule has 0 bridgehead atoms. The van der Waals surface area contributed by atoms with Crippen molar-refractivity contribution in [3.63, 3.8) is 0 Å². The van der Waals surface area contributed by atoms with E-state index in [2.05, 4.69) is 4.89 Å². The van der Waals surface area contributed by atoms with Crippen molar-refractivity contribution in [2.75, 3.05) is 26.4 Å². The summed E-state index contributed by atoms with van der Waals surface area (Å²) < 4.78 is 10.5. The number of rotatable bonds is 5. The molecule has 1 fully saturated rings. The highest BCUT2D eigenvalue weighted by Crippen LogP contribution is 2.11. The average Bonchev–Trinajstić information content (AvgIpc) is 2.50. The van der Waals surface area contributed by atoms with E-state index >= 15 is 0 Å². The van der Waals surface area contributed by atoms with Gasteiger partial charge in [-0.2, -0.15) is 0 Å². The van der Waals surface area contributed by atoms with E-state index in [0.717, 1.165) is 19.4 Å². The van der Waals surface area contributed by atoms with Crippen molar-refractivity contribution in [3.05, 3.63) is 0 Å². The van der Waals surface area contributed by atoms with Gasteiger partial charge in [-0.3, -0.25) is 5.26 Å². The van der Waals surface area contributed by atoms with Crippen LogP contribution < -0.4 is 0 Å². The highest BCUT2D eigenvalue weighted by Gasteiger charge is 2.14. The number of hydrogen-bond acceptors (Lipinski definition) is 4. The fourth-order valence-electron chi connectivity index (χ4n) is 1.09. The van der Waals surface area contributed by atoms with Crippen LogP contribution in [-0.4, -0.2) is 37.8 Å². The first-order chi connectivity index (χ1) is 5.43. The maximum atomic E-state index is 7.95. The highest BCUT2D eigenvalue weighted by molar-refractivity contribution is 4.62. The molecule has 4 nitrogen and oxygen atoms in total. The molecule has 1 rings (SSSR count). The fourth-order valence-corrected chi connectivity index (χ4v) is 1.09. The molecule has 0 aromatic carbocycles. The zero-order valence-corrected chi connectivity index (χ0v) is 6.49. The Hall–Kier alpha value is -0.160. The van der Waals surface area contributed by atoms with Gasteiger partial charge in [-0.1, -0.05) is 0 Å². The van der Waals surface area contributed by atoms with Gasteiger partial charge < -0.3 is 9.47 Å². The lowest BCUT2D eigenvalue weighted by Gasteiger charge is -2.08. The molecule has 1 heterocycles. The lowest BCUT2D eigenvalue weighted by atomic mass is 10.2. The van der Waals surface area contributed by atoms with E-state index in [0.29, 0.717) is 13.2 Å². The second-order valence-corrected chi connectivity index (χ2v) is 2.54. The summed E-state index contributed by atoms with van der Waals surface area (Å²) in [6.45, 7) is 2.12. The van der Waals surface area contributed by atoms with Gasteiger partial charge >= 0.3 is 0 Å². The third-order valence-electron chi connectivity index (χ3n) is 1.65. The van der Waals surface area contributed by atoms with Crippen LogP contribution in [0.2, 0.25) is 0 Å². The molecule has 4 heteroatoms. The summed E-state index contributed by atoms with van der Waals surface area (Å²) in [5.74, 6) is 0. The van der Waals surface area contributed by atoms with Gasteiger partial charge in [0.1, 0.15) is 6.61 Å². The summed E-state index contributed by atoms with van der Waals surface area (Å²) >= 11 is 0. The van der Waals surface area contributed by atoms with E-state index in [1.807, 2.05) is 0 Å². The minimum atomic E-state index is 0.229. The molecule has 1 unspecified atom stereocenters. The van der Waals surface area contributed by atoms with Crippen LogP contribution in [0.5, 0.6) is 0 Å². The molecule has 1 atom stereocenters. The maximum absolute atomic E-state index is 7.95. The molecule has 1 aliphatic heterocycles. The SMILES string of the molecule is OOCCOCC1CCCO1. The first-order valence-electron chi connectivity index (χ1n) is 3.89. The van der Waals surface area contributed by atoms with Crippen LogP contribution in [0.3, 0.4) is 0 Å². The largest absolute Gasteiger partial charge is 0.376 e. The quantitative estimate of drug-likeness (QED) is 0.366. The third-order valence-corrected chi connectivity index (χ3v) is 1.65. The summed E-state index contributed by atoms with van der Waals surface area (Å²) in [5, 5.41) is 7.95.